The van der Waals surface area contributed by atoms with E-state index < -0.39 is 24.2 Å². The monoisotopic (exact) mass is 286 g/mol. The van der Waals surface area contributed by atoms with Crippen LogP contribution in [0.5, 0.6) is 0 Å². The van der Waals surface area contributed by atoms with Gasteiger partial charge in [0.2, 0.25) is 0 Å². The minimum absolute atomic E-state index is 0.102. The fraction of sp³-hybridized carbons (Fsp3) is 0.583. The normalized spacial score (nSPS) is 17.6. The van der Waals surface area contributed by atoms with Gasteiger partial charge in [0.15, 0.2) is 6.04 Å². The number of carbonyl (C=O) groups is 3. The van der Waals surface area contributed by atoms with Crippen molar-refractivity contribution < 1.29 is 28.6 Å². The molecular formula is C12H18N2O6. The molecule has 112 valence electrons. The van der Waals surface area contributed by atoms with Gasteiger partial charge in [0.25, 0.3) is 0 Å². The highest BCUT2D eigenvalue weighted by molar-refractivity contribution is 5.85. The summed E-state index contributed by atoms with van der Waals surface area (Å²) in [5.41, 5.74) is 0. The number of methoxy groups -OCH3 is 1. The molecule has 0 bridgehead atoms. The first kappa shape index (κ1) is 15.8. The Hall–Kier alpha value is -2.25. The maximum atomic E-state index is 12.0. The lowest BCUT2D eigenvalue weighted by atomic mass is 10.2. The molecule has 1 aliphatic heterocycles. The van der Waals surface area contributed by atoms with E-state index in [1.54, 1.807) is 19.9 Å². The maximum Gasteiger partial charge on any atom is 0.430 e. The van der Waals surface area contributed by atoms with E-state index in [1.165, 1.54) is 13.2 Å². The number of esters is 1. The van der Waals surface area contributed by atoms with Gasteiger partial charge in [-0.2, -0.15) is 5.01 Å². The Balaban J connectivity index is 3.03. The highest BCUT2D eigenvalue weighted by Gasteiger charge is 2.39. The minimum atomic E-state index is -1.06. The highest BCUT2D eigenvalue weighted by Crippen LogP contribution is 2.16. The molecule has 0 aromatic heterocycles. The van der Waals surface area contributed by atoms with Crippen molar-refractivity contribution in [1.29, 1.82) is 0 Å². The molecule has 20 heavy (non-hydrogen) atoms. The van der Waals surface area contributed by atoms with Crippen molar-refractivity contribution in [3.8, 4) is 0 Å². The Morgan fingerprint density at radius 3 is 2.30 bits per heavy atom. The van der Waals surface area contributed by atoms with Gasteiger partial charge in [0.1, 0.15) is 0 Å². The Bertz CT molecular complexity index is 409. The minimum Gasteiger partial charge on any atom is -0.467 e. The number of rotatable bonds is 3. The number of nitrogens with zero attached hydrogens (tertiary/aromatic N) is 2. The van der Waals surface area contributed by atoms with Crippen LogP contribution in [-0.2, 0) is 19.0 Å². The van der Waals surface area contributed by atoms with Gasteiger partial charge < -0.3 is 14.2 Å². The molecule has 0 saturated heterocycles. The van der Waals surface area contributed by atoms with E-state index in [2.05, 4.69) is 4.74 Å². The lowest BCUT2D eigenvalue weighted by Gasteiger charge is -2.37. The summed E-state index contributed by atoms with van der Waals surface area (Å²) in [4.78, 5) is 35.5. The molecule has 0 N–H and O–H groups in total. The molecule has 0 aliphatic carbocycles. The van der Waals surface area contributed by atoms with Crippen LogP contribution in [0.1, 0.15) is 13.8 Å². The molecule has 2 amide bonds. The topological polar surface area (TPSA) is 85.4 Å². The van der Waals surface area contributed by atoms with Crippen LogP contribution in [0.3, 0.4) is 0 Å². The van der Waals surface area contributed by atoms with Crippen molar-refractivity contribution in [1.82, 2.24) is 10.0 Å². The van der Waals surface area contributed by atoms with Gasteiger partial charge in [-0.25, -0.2) is 19.4 Å². The number of hydrazine groups is 1. The summed E-state index contributed by atoms with van der Waals surface area (Å²) in [6.45, 7) is 3.64. The largest absolute Gasteiger partial charge is 0.467 e. The number of hydrogen-bond donors (Lipinski definition) is 0. The first-order valence-corrected chi connectivity index (χ1v) is 6.21. The predicted octanol–water partition coefficient (Wildman–Crippen LogP) is 0.930. The van der Waals surface area contributed by atoms with Crippen molar-refractivity contribution in [2.75, 3.05) is 26.9 Å². The second-order valence-electron chi connectivity index (χ2n) is 3.72. The SMILES string of the molecule is CCOC(=O)N1CC=C[C@@H](C(=O)OC)N1C(=O)OCC. The van der Waals surface area contributed by atoms with Crippen LogP contribution in [0.25, 0.3) is 0 Å². The van der Waals surface area contributed by atoms with E-state index in [0.717, 1.165) is 10.0 Å². The molecule has 8 nitrogen and oxygen atoms in total. The summed E-state index contributed by atoms with van der Waals surface area (Å²) in [7, 11) is 1.20. The molecule has 0 aromatic carbocycles. The molecule has 1 heterocycles. The summed E-state index contributed by atoms with van der Waals surface area (Å²) in [6.07, 6.45) is 1.49. The number of ether oxygens (including phenoxy) is 3. The van der Waals surface area contributed by atoms with Crippen LogP contribution < -0.4 is 0 Å². The lowest BCUT2D eigenvalue weighted by Crippen LogP contribution is -2.58. The molecule has 0 fully saturated rings. The molecule has 1 aliphatic rings. The van der Waals surface area contributed by atoms with Gasteiger partial charge in [0, 0.05) is 0 Å². The second-order valence-corrected chi connectivity index (χ2v) is 3.72. The summed E-state index contributed by atoms with van der Waals surface area (Å²) in [5.74, 6) is -0.677. The van der Waals surface area contributed by atoms with Crippen molar-refractivity contribution >= 4 is 18.2 Å². The van der Waals surface area contributed by atoms with E-state index in [-0.39, 0.29) is 19.8 Å². The Morgan fingerprint density at radius 1 is 1.15 bits per heavy atom. The van der Waals surface area contributed by atoms with Gasteiger partial charge in [0.05, 0.1) is 26.9 Å². The van der Waals surface area contributed by atoms with Gasteiger partial charge in [-0.1, -0.05) is 12.2 Å². The molecule has 0 spiro atoms. The van der Waals surface area contributed by atoms with E-state index in [1.807, 2.05) is 0 Å². The molecule has 1 atom stereocenters. The molecule has 0 radical (unpaired) electrons. The third kappa shape index (κ3) is 3.40. The smallest absolute Gasteiger partial charge is 0.430 e. The molecule has 0 aromatic rings. The zero-order valence-electron chi connectivity index (χ0n) is 11.7. The first-order valence-electron chi connectivity index (χ1n) is 6.21. The summed E-state index contributed by atoms with van der Waals surface area (Å²) >= 11 is 0. The third-order valence-electron chi connectivity index (χ3n) is 2.50. The van der Waals surface area contributed by atoms with E-state index in [4.69, 9.17) is 9.47 Å². The van der Waals surface area contributed by atoms with Crippen LogP contribution in [-0.4, -0.2) is 61.1 Å². The number of amides is 2. The van der Waals surface area contributed by atoms with E-state index in [9.17, 15) is 14.4 Å². The molecule has 1 rings (SSSR count). The average molecular weight is 286 g/mol. The van der Waals surface area contributed by atoms with Crippen LogP contribution in [0.4, 0.5) is 9.59 Å². The maximum absolute atomic E-state index is 12.0. The molecular weight excluding hydrogens is 268 g/mol. The molecule has 0 unspecified atom stereocenters. The van der Waals surface area contributed by atoms with Crippen molar-refractivity contribution in [3.63, 3.8) is 0 Å². The number of hydrogen-bond acceptors (Lipinski definition) is 6. The van der Waals surface area contributed by atoms with Crippen LogP contribution in [0, 0.1) is 0 Å². The standard InChI is InChI=1S/C12H18N2O6/c1-4-19-11(16)13-8-6-7-9(10(15)18-3)14(13)12(17)20-5-2/h6-7,9H,4-5,8H2,1-3H3/t9-/m0/s1. The second kappa shape index (κ2) is 7.37. The highest BCUT2D eigenvalue weighted by atomic mass is 16.6. The quantitative estimate of drug-likeness (QED) is 0.436. The Labute approximate surface area is 116 Å². The summed E-state index contributed by atoms with van der Waals surface area (Å²) in [6, 6.07) is -1.06. The van der Waals surface area contributed by atoms with Gasteiger partial charge in [-0.3, -0.25) is 0 Å². The number of carbonyl (C=O) groups excluding carboxylic acids is 3. The van der Waals surface area contributed by atoms with Crippen molar-refractivity contribution in [2.24, 2.45) is 0 Å². The molecule has 0 saturated carbocycles. The van der Waals surface area contributed by atoms with E-state index >= 15 is 0 Å². The fourth-order valence-corrected chi connectivity index (χ4v) is 1.67. The van der Waals surface area contributed by atoms with Crippen LogP contribution in [0.2, 0.25) is 0 Å². The lowest BCUT2D eigenvalue weighted by molar-refractivity contribution is -0.150. The van der Waals surface area contributed by atoms with Gasteiger partial charge in [-0.15, -0.1) is 0 Å². The van der Waals surface area contributed by atoms with Crippen molar-refractivity contribution in [2.45, 2.75) is 19.9 Å². The third-order valence-corrected chi connectivity index (χ3v) is 2.50. The van der Waals surface area contributed by atoms with Crippen LogP contribution >= 0.6 is 0 Å². The first-order chi connectivity index (χ1) is 9.56. The average Bonchev–Trinajstić information content (AvgIpc) is 2.46. The van der Waals surface area contributed by atoms with Crippen molar-refractivity contribution in [3.05, 3.63) is 12.2 Å². The summed E-state index contributed by atoms with van der Waals surface area (Å²) < 4.78 is 14.3. The molecule has 8 heteroatoms. The predicted molar refractivity (Wildman–Crippen MR) is 67.5 cm³/mol. The Morgan fingerprint density at radius 2 is 1.75 bits per heavy atom. The summed E-state index contributed by atoms with van der Waals surface area (Å²) in [5, 5.41) is 1.90. The zero-order valence-corrected chi connectivity index (χ0v) is 11.7. The van der Waals surface area contributed by atoms with Crippen LogP contribution in [0.15, 0.2) is 12.2 Å². The van der Waals surface area contributed by atoms with Gasteiger partial charge >= 0.3 is 18.2 Å². The zero-order chi connectivity index (χ0) is 15.1. The Kier molecular flexibility index (Phi) is 5.82. The fourth-order valence-electron chi connectivity index (χ4n) is 1.67. The van der Waals surface area contributed by atoms with E-state index in [0.29, 0.717) is 0 Å². The van der Waals surface area contributed by atoms with Gasteiger partial charge in [-0.05, 0) is 13.8 Å².